The van der Waals surface area contributed by atoms with Crippen molar-refractivity contribution >= 4 is 52.0 Å². The maximum absolute atomic E-state index is 13.4. The molecule has 41 heavy (non-hydrogen) atoms. The number of nitro groups is 1. The van der Waals surface area contributed by atoms with Crippen molar-refractivity contribution in [1.29, 1.82) is 0 Å². The van der Waals surface area contributed by atoms with Crippen molar-refractivity contribution in [1.82, 2.24) is 24.8 Å². The molecule has 1 atom stereocenters. The highest BCUT2D eigenvalue weighted by atomic mass is 35.5. The van der Waals surface area contributed by atoms with Gasteiger partial charge in [-0.05, 0) is 43.0 Å². The van der Waals surface area contributed by atoms with Crippen molar-refractivity contribution < 1.29 is 14.5 Å². The van der Waals surface area contributed by atoms with Crippen LogP contribution in [0.25, 0.3) is 21.0 Å². The number of hydrogen-bond donors (Lipinski definition) is 0. The van der Waals surface area contributed by atoms with E-state index in [0.717, 1.165) is 27.1 Å². The fourth-order valence-corrected chi connectivity index (χ4v) is 6.96. The number of aromatic nitrogens is 3. The average molecular weight is 612 g/mol. The number of carbonyl (C=O) groups excluding carboxylic acids is 2. The van der Waals surface area contributed by atoms with E-state index in [9.17, 15) is 19.7 Å². The number of rotatable bonds is 6. The van der Waals surface area contributed by atoms with Gasteiger partial charge in [-0.25, -0.2) is 4.68 Å². The van der Waals surface area contributed by atoms with Gasteiger partial charge in [0.1, 0.15) is 16.8 Å². The Morgan fingerprint density at radius 1 is 0.976 bits per heavy atom. The van der Waals surface area contributed by atoms with Crippen LogP contribution in [0.15, 0.2) is 60.8 Å². The summed E-state index contributed by atoms with van der Waals surface area (Å²) in [6.07, 6.45) is 3.66. The zero-order chi connectivity index (χ0) is 28.7. The predicted molar refractivity (Wildman–Crippen MR) is 156 cm³/mol. The molecule has 0 spiro atoms. The second-order valence-corrected chi connectivity index (χ2v) is 11.9. The zero-order valence-electron chi connectivity index (χ0n) is 21.7. The summed E-state index contributed by atoms with van der Waals surface area (Å²) in [6.45, 7) is 1.41. The molecule has 0 saturated carbocycles. The second-order valence-electron chi connectivity index (χ2n) is 10.0. The minimum atomic E-state index is -0.641. The third kappa shape index (κ3) is 5.32. The third-order valence-electron chi connectivity index (χ3n) is 7.61. The second kappa shape index (κ2) is 11.2. The van der Waals surface area contributed by atoms with Crippen LogP contribution >= 0.6 is 34.5 Å². The Kier molecular flexibility index (Phi) is 7.50. The molecule has 0 N–H and O–H groups in total. The molecule has 10 nitrogen and oxygen atoms in total. The Morgan fingerprint density at radius 2 is 1.71 bits per heavy atom. The van der Waals surface area contributed by atoms with Gasteiger partial charge in [0.25, 0.3) is 11.6 Å². The van der Waals surface area contributed by atoms with Gasteiger partial charge in [-0.2, -0.15) is 0 Å². The lowest BCUT2D eigenvalue weighted by molar-refractivity contribution is -0.384. The number of thiophene rings is 1. The van der Waals surface area contributed by atoms with Crippen LogP contribution in [0.4, 0.5) is 5.69 Å². The molecule has 6 rings (SSSR count). The molecule has 1 unspecified atom stereocenters. The Balaban J connectivity index is 1.09. The topological polar surface area (TPSA) is 114 Å². The first-order valence-corrected chi connectivity index (χ1v) is 14.7. The molecule has 2 aliphatic rings. The van der Waals surface area contributed by atoms with Crippen molar-refractivity contribution in [2.45, 2.75) is 31.3 Å². The van der Waals surface area contributed by atoms with Gasteiger partial charge in [0, 0.05) is 36.6 Å². The van der Waals surface area contributed by atoms with Crippen molar-refractivity contribution in [2.24, 2.45) is 0 Å². The number of carbonyl (C=O) groups is 2. The lowest BCUT2D eigenvalue weighted by Crippen LogP contribution is -2.47. The van der Waals surface area contributed by atoms with E-state index in [0.29, 0.717) is 38.9 Å². The maximum atomic E-state index is 13.4. The summed E-state index contributed by atoms with van der Waals surface area (Å²) < 4.78 is 1.66. The van der Waals surface area contributed by atoms with E-state index >= 15 is 0 Å². The molecule has 13 heteroatoms. The van der Waals surface area contributed by atoms with Gasteiger partial charge in [0.15, 0.2) is 0 Å². The molecule has 2 saturated heterocycles. The Labute approximate surface area is 249 Å². The lowest BCUT2D eigenvalue weighted by Gasteiger charge is -2.37. The van der Waals surface area contributed by atoms with Gasteiger partial charge in [-0.1, -0.05) is 58.7 Å². The van der Waals surface area contributed by atoms with Crippen LogP contribution in [-0.2, 0) is 4.79 Å². The fraction of sp³-hybridized carbons (Fsp3) is 0.286. The minimum absolute atomic E-state index is 0.00116. The van der Waals surface area contributed by atoms with Gasteiger partial charge in [0.2, 0.25) is 5.91 Å². The summed E-state index contributed by atoms with van der Waals surface area (Å²) in [6, 6.07) is 16.1. The minimum Gasteiger partial charge on any atom is -0.338 e. The molecule has 2 aliphatic heterocycles. The quantitative estimate of drug-likeness (QED) is 0.196. The summed E-state index contributed by atoms with van der Waals surface area (Å²) in [5.74, 6) is -0.392. The van der Waals surface area contributed by atoms with Gasteiger partial charge in [-0.3, -0.25) is 19.7 Å². The number of benzene rings is 2. The summed E-state index contributed by atoms with van der Waals surface area (Å²) in [4.78, 5) is 42.8. The zero-order valence-corrected chi connectivity index (χ0v) is 24.0. The molecule has 210 valence electrons. The number of nitro benzene ring substituents is 1. The molecule has 0 aliphatic carbocycles. The van der Waals surface area contributed by atoms with Crippen LogP contribution < -0.4 is 0 Å². The van der Waals surface area contributed by atoms with E-state index in [2.05, 4.69) is 28.5 Å². The van der Waals surface area contributed by atoms with E-state index in [1.807, 2.05) is 35.4 Å². The number of likely N-dealkylation sites (tertiary alicyclic amines) is 2. The average Bonchev–Trinajstić information content (AvgIpc) is 3.73. The number of hydrogen-bond acceptors (Lipinski definition) is 7. The highest BCUT2D eigenvalue weighted by Crippen LogP contribution is 2.35. The first kappa shape index (κ1) is 27.4. The summed E-state index contributed by atoms with van der Waals surface area (Å²) in [5, 5.41) is 19.9. The van der Waals surface area contributed by atoms with Crippen molar-refractivity contribution in [3.8, 4) is 21.0 Å². The molecule has 0 bridgehead atoms. The number of piperidine rings is 1. The Morgan fingerprint density at radius 3 is 2.44 bits per heavy atom. The van der Waals surface area contributed by atoms with Crippen LogP contribution in [-0.4, -0.2) is 67.2 Å². The maximum Gasteiger partial charge on any atom is 0.288 e. The monoisotopic (exact) mass is 610 g/mol. The fourth-order valence-electron chi connectivity index (χ4n) is 5.46. The molecule has 2 fully saturated rings. The molecular weight excluding hydrogens is 587 g/mol. The van der Waals surface area contributed by atoms with Gasteiger partial charge in [0.05, 0.1) is 26.6 Å². The summed E-state index contributed by atoms with van der Waals surface area (Å²) in [7, 11) is 0. The first-order valence-electron chi connectivity index (χ1n) is 13.1. The first-order chi connectivity index (χ1) is 19.8. The highest BCUT2D eigenvalue weighted by molar-refractivity contribution is 7.18. The van der Waals surface area contributed by atoms with Crippen molar-refractivity contribution in [2.75, 3.05) is 19.6 Å². The summed E-state index contributed by atoms with van der Waals surface area (Å²) >= 11 is 13.7. The van der Waals surface area contributed by atoms with Crippen LogP contribution in [0.2, 0.25) is 10.0 Å². The predicted octanol–water partition coefficient (Wildman–Crippen LogP) is 5.97. The highest BCUT2D eigenvalue weighted by Gasteiger charge is 2.39. The van der Waals surface area contributed by atoms with Gasteiger partial charge < -0.3 is 9.80 Å². The molecule has 0 radical (unpaired) electrons. The van der Waals surface area contributed by atoms with Crippen LogP contribution in [0.3, 0.4) is 0 Å². The van der Waals surface area contributed by atoms with Gasteiger partial charge >= 0.3 is 0 Å². The number of amides is 2. The third-order valence-corrected chi connectivity index (χ3v) is 9.39. The Bertz CT molecular complexity index is 1630. The molecule has 4 heterocycles. The molecule has 2 aromatic heterocycles. The smallest absolute Gasteiger partial charge is 0.288 e. The van der Waals surface area contributed by atoms with Crippen molar-refractivity contribution in [3.63, 3.8) is 0 Å². The van der Waals surface area contributed by atoms with E-state index in [1.165, 1.54) is 6.07 Å². The van der Waals surface area contributed by atoms with E-state index < -0.39 is 16.9 Å². The normalized spacial score (nSPS) is 17.8. The van der Waals surface area contributed by atoms with E-state index in [1.54, 1.807) is 20.9 Å². The SMILES string of the molecule is O=C(c1cc([N+](=O)[O-])c(Cl)cc1Cl)N1CCC(N2CCC(n3cc(-c4ccc(-c5ccccc5)s4)nn3)C2=O)CC1. The largest absolute Gasteiger partial charge is 0.338 e. The van der Waals surface area contributed by atoms with E-state index in [4.69, 9.17) is 23.2 Å². The number of nitrogens with zero attached hydrogens (tertiary/aromatic N) is 6. The van der Waals surface area contributed by atoms with Gasteiger partial charge in [-0.15, -0.1) is 16.4 Å². The van der Waals surface area contributed by atoms with Crippen LogP contribution in [0, 0.1) is 10.1 Å². The van der Waals surface area contributed by atoms with Crippen LogP contribution in [0.1, 0.15) is 35.7 Å². The molecule has 2 aromatic carbocycles. The summed E-state index contributed by atoms with van der Waals surface area (Å²) in [5.41, 5.74) is 1.55. The molecular formula is C28H24Cl2N6O4S. The van der Waals surface area contributed by atoms with Crippen LogP contribution in [0.5, 0.6) is 0 Å². The van der Waals surface area contributed by atoms with Crippen molar-refractivity contribution in [3.05, 3.63) is 86.5 Å². The lowest BCUT2D eigenvalue weighted by atomic mass is 10.0. The Hall–Kier alpha value is -3.80. The molecule has 4 aromatic rings. The molecule has 2 amide bonds. The number of halogens is 2. The van der Waals surface area contributed by atoms with E-state index in [-0.39, 0.29) is 33.2 Å². The standard InChI is InChI=1S/C28H24Cl2N6O4S/c29-20-15-21(30)24(36(39)40)14-19(20)27(37)33-11-8-18(9-12-33)34-13-10-23(28(34)38)35-16-22(31-32-35)26-7-6-25(41-26)17-4-2-1-3-5-17/h1-7,14-16,18,23H,8-13H2.